The Morgan fingerprint density at radius 2 is 1.04 bits per heavy atom. The van der Waals surface area contributed by atoms with Gasteiger partial charge in [0.1, 0.15) is 11.5 Å². The second-order valence-electron chi connectivity index (χ2n) is 7.16. The molecule has 0 amide bonds. The number of hydrogen-bond acceptors (Lipinski definition) is 4. The van der Waals surface area contributed by atoms with Gasteiger partial charge in [-0.05, 0) is 51.0 Å². The monoisotopic (exact) mass is 368 g/mol. The van der Waals surface area contributed by atoms with Crippen molar-refractivity contribution in [2.75, 3.05) is 0 Å². The molecule has 0 heterocycles. The third-order valence-corrected chi connectivity index (χ3v) is 4.71. The number of phenolic OH excluding ortho intramolecular Hbond substituents is 2. The summed E-state index contributed by atoms with van der Waals surface area (Å²) in [6.07, 6.45) is 5.20. The minimum atomic E-state index is -0.0266. The van der Waals surface area contributed by atoms with Crippen molar-refractivity contribution in [1.29, 1.82) is 0 Å². The Labute approximate surface area is 160 Å². The van der Waals surface area contributed by atoms with E-state index in [1.807, 2.05) is 13.8 Å². The molecule has 2 rings (SSSR count). The quantitative estimate of drug-likeness (QED) is 0.428. The Kier molecular flexibility index (Phi) is 7.59. The molecule has 2 N–H and O–H groups in total. The van der Waals surface area contributed by atoms with Crippen LogP contribution in [0, 0.1) is 13.8 Å². The number of ketones is 2. The summed E-state index contributed by atoms with van der Waals surface area (Å²) < 4.78 is 0. The second kappa shape index (κ2) is 9.91. The van der Waals surface area contributed by atoms with Crippen molar-refractivity contribution in [3.8, 4) is 11.5 Å². The van der Waals surface area contributed by atoms with Crippen LogP contribution in [0.5, 0.6) is 11.5 Å². The Balaban J connectivity index is 1.65. The smallest absolute Gasteiger partial charge is 0.166 e. The summed E-state index contributed by atoms with van der Waals surface area (Å²) in [6.45, 7) is 3.79. The Bertz CT molecular complexity index is 741. The van der Waals surface area contributed by atoms with Crippen molar-refractivity contribution in [1.82, 2.24) is 0 Å². The highest BCUT2D eigenvalue weighted by atomic mass is 16.3. The normalized spacial score (nSPS) is 10.7. The first kappa shape index (κ1) is 20.7. The van der Waals surface area contributed by atoms with E-state index in [1.165, 1.54) is 0 Å². The molecular formula is C23H28O4. The van der Waals surface area contributed by atoms with E-state index in [0.29, 0.717) is 24.0 Å². The van der Waals surface area contributed by atoms with E-state index in [4.69, 9.17) is 0 Å². The third kappa shape index (κ3) is 6.24. The Hall–Kier alpha value is -2.62. The van der Waals surface area contributed by atoms with Gasteiger partial charge in [0.2, 0.25) is 0 Å². The van der Waals surface area contributed by atoms with Gasteiger partial charge in [-0.3, -0.25) is 9.59 Å². The number of phenols is 2. The summed E-state index contributed by atoms with van der Waals surface area (Å²) in [5.74, 6) is 0.0367. The number of hydrogen-bond donors (Lipinski definition) is 2. The van der Waals surface area contributed by atoms with Crippen molar-refractivity contribution in [2.24, 2.45) is 0 Å². The van der Waals surface area contributed by atoms with Crippen LogP contribution in [0.25, 0.3) is 0 Å². The second-order valence-corrected chi connectivity index (χ2v) is 7.16. The molecule has 4 nitrogen and oxygen atoms in total. The number of aromatic hydroxyl groups is 2. The lowest BCUT2D eigenvalue weighted by Crippen LogP contribution is -2.01. The molecule has 0 aliphatic carbocycles. The van der Waals surface area contributed by atoms with Gasteiger partial charge in [-0.25, -0.2) is 0 Å². The van der Waals surface area contributed by atoms with Crippen molar-refractivity contribution < 1.29 is 19.8 Å². The van der Waals surface area contributed by atoms with E-state index in [9.17, 15) is 19.8 Å². The van der Waals surface area contributed by atoms with Crippen LogP contribution in [0.2, 0.25) is 0 Å². The van der Waals surface area contributed by atoms with Crippen LogP contribution in [0.15, 0.2) is 36.4 Å². The fourth-order valence-corrected chi connectivity index (χ4v) is 3.12. The number of aryl methyl sites for hydroxylation is 2. The third-order valence-electron chi connectivity index (χ3n) is 4.71. The minimum Gasteiger partial charge on any atom is -0.507 e. The van der Waals surface area contributed by atoms with Crippen LogP contribution >= 0.6 is 0 Å². The summed E-state index contributed by atoms with van der Waals surface area (Å²) in [6, 6.07) is 10.1. The average Bonchev–Trinajstić information content (AvgIpc) is 2.64. The zero-order chi connectivity index (χ0) is 19.8. The molecule has 0 saturated heterocycles. The van der Waals surface area contributed by atoms with Crippen LogP contribution in [-0.4, -0.2) is 21.8 Å². The number of rotatable bonds is 10. The fraction of sp³-hybridized carbons (Fsp3) is 0.391. The Morgan fingerprint density at radius 1 is 0.667 bits per heavy atom. The van der Waals surface area contributed by atoms with Crippen LogP contribution in [0.1, 0.15) is 76.8 Å². The van der Waals surface area contributed by atoms with Gasteiger partial charge in [-0.15, -0.1) is 0 Å². The van der Waals surface area contributed by atoms with Crippen molar-refractivity contribution in [3.05, 3.63) is 58.7 Å². The molecule has 0 radical (unpaired) electrons. The SMILES string of the molecule is Cc1ccc(O)c(C(=O)CCCCCCCC(=O)c2cc(C)ccc2O)c1. The number of carbonyl (C=O) groups is 2. The summed E-state index contributed by atoms with van der Waals surface area (Å²) in [7, 11) is 0. The van der Waals surface area contributed by atoms with Gasteiger partial charge in [0.15, 0.2) is 11.6 Å². The molecule has 0 aliphatic rings. The van der Waals surface area contributed by atoms with Crippen LogP contribution in [0.3, 0.4) is 0 Å². The van der Waals surface area contributed by atoms with E-state index in [0.717, 1.165) is 43.2 Å². The zero-order valence-electron chi connectivity index (χ0n) is 16.1. The molecule has 27 heavy (non-hydrogen) atoms. The maximum atomic E-state index is 12.2. The number of Topliss-reactive ketones (excluding diaryl/α,β-unsaturated/α-hetero) is 2. The molecule has 0 spiro atoms. The van der Waals surface area contributed by atoms with Gasteiger partial charge >= 0.3 is 0 Å². The lowest BCUT2D eigenvalue weighted by Gasteiger charge is -2.06. The molecule has 2 aromatic carbocycles. The first-order valence-corrected chi connectivity index (χ1v) is 9.54. The molecule has 144 valence electrons. The van der Waals surface area contributed by atoms with Gasteiger partial charge in [0.25, 0.3) is 0 Å². The lowest BCUT2D eigenvalue weighted by molar-refractivity contribution is 0.0970. The van der Waals surface area contributed by atoms with Gasteiger partial charge in [0.05, 0.1) is 11.1 Å². The molecular weight excluding hydrogens is 340 g/mol. The predicted molar refractivity (Wildman–Crippen MR) is 107 cm³/mol. The number of unbranched alkanes of at least 4 members (excludes halogenated alkanes) is 4. The standard InChI is InChI=1S/C23H28O4/c1-16-10-12-22(26)18(14-16)20(24)8-6-4-3-5-7-9-21(25)19-15-17(2)11-13-23(19)27/h10-15,26-27H,3-9H2,1-2H3. The molecule has 0 aliphatic heterocycles. The molecule has 4 heteroatoms. The van der Waals surface area contributed by atoms with E-state index in [1.54, 1.807) is 36.4 Å². The maximum absolute atomic E-state index is 12.2. The topological polar surface area (TPSA) is 74.6 Å². The summed E-state index contributed by atoms with van der Waals surface area (Å²) in [4.78, 5) is 24.4. The molecule has 0 atom stereocenters. The largest absolute Gasteiger partial charge is 0.507 e. The van der Waals surface area contributed by atoms with Crippen molar-refractivity contribution in [2.45, 2.75) is 58.8 Å². The fourth-order valence-electron chi connectivity index (χ4n) is 3.12. The number of benzene rings is 2. The molecule has 0 bridgehead atoms. The van der Waals surface area contributed by atoms with E-state index < -0.39 is 0 Å². The molecule has 0 unspecified atom stereocenters. The highest BCUT2D eigenvalue weighted by Gasteiger charge is 2.12. The van der Waals surface area contributed by atoms with Crippen LogP contribution in [-0.2, 0) is 0 Å². The highest BCUT2D eigenvalue weighted by molar-refractivity contribution is 5.99. The van der Waals surface area contributed by atoms with Gasteiger partial charge in [-0.2, -0.15) is 0 Å². The van der Waals surface area contributed by atoms with E-state index in [-0.39, 0.29) is 23.1 Å². The highest BCUT2D eigenvalue weighted by Crippen LogP contribution is 2.22. The van der Waals surface area contributed by atoms with Gasteiger partial charge < -0.3 is 10.2 Å². The van der Waals surface area contributed by atoms with Gasteiger partial charge in [0, 0.05) is 12.8 Å². The molecule has 0 aromatic heterocycles. The first-order valence-electron chi connectivity index (χ1n) is 9.54. The summed E-state index contributed by atoms with van der Waals surface area (Å²) in [5, 5.41) is 19.6. The molecule has 0 saturated carbocycles. The average molecular weight is 368 g/mol. The van der Waals surface area contributed by atoms with E-state index >= 15 is 0 Å². The molecule has 0 fully saturated rings. The van der Waals surface area contributed by atoms with Crippen molar-refractivity contribution >= 4 is 11.6 Å². The first-order chi connectivity index (χ1) is 12.9. The molecule has 2 aromatic rings. The lowest BCUT2D eigenvalue weighted by atomic mass is 9.99. The number of carbonyl (C=O) groups excluding carboxylic acids is 2. The maximum Gasteiger partial charge on any atom is 0.166 e. The van der Waals surface area contributed by atoms with Crippen molar-refractivity contribution in [3.63, 3.8) is 0 Å². The Morgan fingerprint density at radius 3 is 1.44 bits per heavy atom. The van der Waals surface area contributed by atoms with E-state index in [2.05, 4.69) is 0 Å². The summed E-state index contributed by atoms with van der Waals surface area (Å²) >= 11 is 0. The minimum absolute atomic E-state index is 0.0266. The van der Waals surface area contributed by atoms with Gasteiger partial charge in [-0.1, -0.05) is 42.5 Å². The predicted octanol–water partition coefficient (Wildman–Crippen LogP) is 5.51. The van der Waals surface area contributed by atoms with Crippen LogP contribution in [0.4, 0.5) is 0 Å². The van der Waals surface area contributed by atoms with Crippen LogP contribution < -0.4 is 0 Å². The zero-order valence-corrected chi connectivity index (χ0v) is 16.1. The summed E-state index contributed by atoms with van der Waals surface area (Å²) in [5.41, 5.74) is 2.72.